The Kier molecular flexibility index (Phi) is 4.79. The van der Waals surface area contributed by atoms with Crippen LogP contribution in [0.4, 0.5) is 0 Å². The summed E-state index contributed by atoms with van der Waals surface area (Å²) < 4.78 is 1.40. The Bertz CT molecular complexity index is 456. The highest BCUT2D eigenvalue weighted by atomic mass is 32.1. The van der Waals surface area contributed by atoms with E-state index in [0.717, 1.165) is 12.5 Å². The number of thiophene rings is 1. The fraction of sp³-hybridized carbons (Fsp3) is 0.500. The van der Waals surface area contributed by atoms with E-state index in [9.17, 15) is 0 Å². The maximum absolute atomic E-state index is 3.64. The van der Waals surface area contributed by atoms with Crippen molar-refractivity contribution < 1.29 is 0 Å². The summed E-state index contributed by atoms with van der Waals surface area (Å²) in [4.78, 5) is 1.48. The number of rotatable bonds is 6. The molecular formula is C16H23NS. The van der Waals surface area contributed by atoms with Crippen LogP contribution < -0.4 is 5.32 Å². The van der Waals surface area contributed by atoms with Gasteiger partial charge in [-0.15, -0.1) is 11.3 Å². The van der Waals surface area contributed by atoms with Crippen molar-refractivity contribution in [3.05, 3.63) is 35.2 Å². The molecule has 98 valence electrons. The number of hydrogen-bond donors (Lipinski definition) is 1. The van der Waals surface area contributed by atoms with E-state index in [0.29, 0.717) is 6.04 Å². The minimum Gasteiger partial charge on any atom is -0.310 e. The lowest BCUT2D eigenvalue weighted by molar-refractivity contribution is 0.412. The van der Waals surface area contributed by atoms with Crippen molar-refractivity contribution in [2.45, 2.75) is 39.7 Å². The molecule has 0 saturated carbocycles. The van der Waals surface area contributed by atoms with Crippen molar-refractivity contribution in [1.82, 2.24) is 5.32 Å². The average molecular weight is 261 g/mol. The van der Waals surface area contributed by atoms with Gasteiger partial charge in [-0.05, 0) is 36.4 Å². The maximum Gasteiger partial charge on any atom is 0.0417 e. The summed E-state index contributed by atoms with van der Waals surface area (Å²) in [6.45, 7) is 7.85. The second-order valence-electron chi connectivity index (χ2n) is 5.05. The first-order valence-corrected chi connectivity index (χ1v) is 7.78. The third kappa shape index (κ3) is 3.12. The van der Waals surface area contributed by atoms with Gasteiger partial charge >= 0.3 is 0 Å². The predicted molar refractivity (Wildman–Crippen MR) is 82.3 cm³/mol. The lowest BCUT2D eigenvalue weighted by Gasteiger charge is -2.19. The zero-order valence-electron chi connectivity index (χ0n) is 11.6. The van der Waals surface area contributed by atoms with E-state index < -0.39 is 0 Å². The van der Waals surface area contributed by atoms with Gasteiger partial charge in [-0.1, -0.05) is 45.4 Å². The first-order valence-electron chi connectivity index (χ1n) is 6.96. The molecule has 2 rings (SSSR count). The third-order valence-corrected chi connectivity index (χ3v) is 4.80. The van der Waals surface area contributed by atoms with Gasteiger partial charge < -0.3 is 5.32 Å². The van der Waals surface area contributed by atoms with Crippen LogP contribution in [-0.4, -0.2) is 6.54 Å². The van der Waals surface area contributed by atoms with Gasteiger partial charge in [-0.3, -0.25) is 0 Å². The molecule has 1 heterocycles. The second-order valence-corrected chi connectivity index (χ2v) is 6.16. The Morgan fingerprint density at radius 3 is 2.67 bits per heavy atom. The maximum atomic E-state index is 3.64. The number of benzene rings is 1. The van der Waals surface area contributed by atoms with Gasteiger partial charge in [0.1, 0.15) is 0 Å². The van der Waals surface area contributed by atoms with E-state index in [2.05, 4.69) is 56.4 Å². The Morgan fingerprint density at radius 2 is 2.00 bits per heavy atom. The van der Waals surface area contributed by atoms with E-state index in [1.54, 1.807) is 0 Å². The van der Waals surface area contributed by atoms with Crippen LogP contribution in [0.2, 0.25) is 0 Å². The predicted octanol–water partition coefficient (Wildman–Crippen LogP) is 4.99. The molecule has 2 atom stereocenters. The Morgan fingerprint density at radius 1 is 1.22 bits per heavy atom. The van der Waals surface area contributed by atoms with Crippen LogP contribution in [0.25, 0.3) is 10.1 Å². The zero-order valence-corrected chi connectivity index (χ0v) is 12.4. The van der Waals surface area contributed by atoms with Crippen LogP contribution in [0.3, 0.4) is 0 Å². The summed E-state index contributed by atoms with van der Waals surface area (Å²) in [6.07, 6.45) is 2.49. The summed E-state index contributed by atoms with van der Waals surface area (Å²) in [5.41, 5.74) is 0. The van der Waals surface area contributed by atoms with Crippen molar-refractivity contribution in [2.24, 2.45) is 5.92 Å². The summed E-state index contributed by atoms with van der Waals surface area (Å²) >= 11 is 1.94. The summed E-state index contributed by atoms with van der Waals surface area (Å²) in [5, 5.41) is 5.01. The molecule has 0 bridgehead atoms. The van der Waals surface area contributed by atoms with Gasteiger partial charge in [-0.2, -0.15) is 0 Å². The molecular weight excluding hydrogens is 238 g/mol. The first-order chi connectivity index (χ1) is 8.74. The minimum absolute atomic E-state index is 0.516. The van der Waals surface area contributed by atoms with Crippen LogP contribution in [0, 0.1) is 5.92 Å². The standard InChI is InChI=1S/C16H23NS/c1-4-12(3)10-14(17-5-2)16-11-13-8-6-7-9-15(13)18-16/h6-9,11-12,14,17H,4-5,10H2,1-3H3. The van der Waals surface area contributed by atoms with Crippen molar-refractivity contribution >= 4 is 21.4 Å². The fourth-order valence-corrected chi connectivity index (χ4v) is 3.44. The van der Waals surface area contributed by atoms with Gasteiger partial charge in [0.25, 0.3) is 0 Å². The van der Waals surface area contributed by atoms with E-state index in [1.165, 1.54) is 27.8 Å². The van der Waals surface area contributed by atoms with E-state index in [4.69, 9.17) is 0 Å². The molecule has 18 heavy (non-hydrogen) atoms. The van der Waals surface area contributed by atoms with E-state index in [1.807, 2.05) is 11.3 Å². The molecule has 1 N–H and O–H groups in total. The van der Waals surface area contributed by atoms with Crippen LogP contribution >= 0.6 is 11.3 Å². The van der Waals surface area contributed by atoms with Crippen LogP contribution in [0.1, 0.15) is 44.5 Å². The van der Waals surface area contributed by atoms with Gasteiger partial charge in [0.2, 0.25) is 0 Å². The SMILES string of the molecule is CCNC(CC(C)CC)c1cc2ccccc2s1. The van der Waals surface area contributed by atoms with E-state index >= 15 is 0 Å². The molecule has 0 spiro atoms. The van der Waals surface area contributed by atoms with Crippen molar-refractivity contribution in [1.29, 1.82) is 0 Å². The minimum atomic E-state index is 0.516. The average Bonchev–Trinajstić information content (AvgIpc) is 2.81. The highest BCUT2D eigenvalue weighted by Gasteiger charge is 2.15. The molecule has 0 aliphatic rings. The number of nitrogens with one attached hydrogen (secondary N) is 1. The summed E-state index contributed by atoms with van der Waals surface area (Å²) in [7, 11) is 0. The third-order valence-electron chi connectivity index (χ3n) is 3.57. The first kappa shape index (κ1) is 13.6. The van der Waals surface area contributed by atoms with Gasteiger partial charge in [0.05, 0.1) is 0 Å². The van der Waals surface area contributed by atoms with E-state index in [-0.39, 0.29) is 0 Å². The van der Waals surface area contributed by atoms with Gasteiger partial charge in [-0.25, -0.2) is 0 Å². The highest BCUT2D eigenvalue weighted by molar-refractivity contribution is 7.19. The Labute approximate surface area is 114 Å². The molecule has 2 aromatic rings. The quantitative estimate of drug-likeness (QED) is 0.772. The largest absolute Gasteiger partial charge is 0.310 e. The van der Waals surface area contributed by atoms with Crippen molar-refractivity contribution in [3.63, 3.8) is 0 Å². The van der Waals surface area contributed by atoms with Gasteiger partial charge in [0, 0.05) is 15.6 Å². The molecule has 0 saturated heterocycles. The number of hydrogen-bond acceptors (Lipinski definition) is 2. The lowest BCUT2D eigenvalue weighted by Crippen LogP contribution is -2.21. The Balaban J connectivity index is 2.23. The highest BCUT2D eigenvalue weighted by Crippen LogP contribution is 2.33. The molecule has 0 fully saturated rings. The molecule has 2 heteroatoms. The fourth-order valence-electron chi connectivity index (χ4n) is 2.29. The second kappa shape index (κ2) is 6.35. The molecule has 2 unspecified atom stereocenters. The van der Waals surface area contributed by atoms with Crippen LogP contribution in [0.15, 0.2) is 30.3 Å². The van der Waals surface area contributed by atoms with Crippen LogP contribution in [0.5, 0.6) is 0 Å². The normalized spacial score (nSPS) is 14.8. The summed E-state index contributed by atoms with van der Waals surface area (Å²) in [6, 6.07) is 11.5. The van der Waals surface area contributed by atoms with Crippen molar-refractivity contribution in [3.8, 4) is 0 Å². The summed E-state index contributed by atoms with van der Waals surface area (Å²) in [5.74, 6) is 0.777. The molecule has 0 amide bonds. The Hall–Kier alpha value is -0.860. The van der Waals surface area contributed by atoms with Gasteiger partial charge in [0.15, 0.2) is 0 Å². The molecule has 1 aromatic heterocycles. The topological polar surface area (TPSA) is 12.0 Å². The smallest absolute Gasteiger partial charge is 0.0417 e. The lowest BCUT2D eigenvalue weighted by atomic mass is 9.98. The van der Waals surface area contributed by atoms with Crippen LogP contribution in [-0.2, 0) is 0 Å². The molecule has 0 aliphatic carbocycles. The van der Waals surface area contributed by atoms with Crippen molar-refractivity contribution in [2.75, 3.05) is 6.54 Å². The molecule has 1 nitrogen and oxygen atoms in total. The zero-order chi connectivity index (χ0) is 13.0. The number of fused-ring (bicyclic) bond motifs is 1. The molecule has 0 aliphatic heterocycles. The molecule has 1 aromatic carbocycles. The molecule has 0 radical (unpaired) electrons. The monoisotopic (exact) mass is 261 g/mol.